The first-order valence-electron chi connectivity index (χ1n) is 13.0. The second-order valence-electron chi connectivity index (χ2n) is 10.1. The van der Waals surface area contributed by atoms with Gasteiger partial charge >= 0.3 is 0 Å². The molecule has 7 nitrogen and oxygen atoms in total. The molecule has 3 heterocycles. The SMILES string of the molecule is CNC(=O)c1c(C2=CC=C(F)CC2)nc2ccc(-c3cc(C(=O)NC4(c5ccccn5)CC4)ccc3C)cn12. The van der Waals surface area contributed by atoms with Gasteiger partial charge in [-0.15, -0.1) is 0 Å². The van der Waals surface area contributed by atoms with Crippen LogP contribution in [0.15, 0.2) is 78.9 Å². The number of amides is 2. The fraction of sp³-hybridized carbons (Fsp3) is 0.226. The molecule has 0 aliphatic heterocycles. The number of carbonyl (C=O) groups excluding carboxylic acids is 2. The Morgan fingerprint density at radius 2 is 1.87 bits per heavy atom. The lowest BCUT2D eigenvalue weighted by atomic mass is 9.98. The molecule has 0 bridgehead atoms. The van der Waals surface area contributed by atoms with Gasteiger partial charge in [-0.2, -0.15) is 0 Å². The van der Waals surface area contributed by atoms with Crippen LogP contribution in [-0.4, -0.2) is 33.2 Å². The molecule has 1 fully saturated rings. The minimum absolute atomic E-state index is 0.152. The van der Waals surface area contributed by atoms with Crippen molar-refractivity contribution in [3.05, 3.63) is 107 Å². The molecule has 1 saturated carbocycles. The number of benzene rings is 1. The normalized spacial score (nSPS) is 15.9. The van der Waals surface area contributed by atoms with Crippen molar-refractivity contribution < 1.29 is 14.0 Å². The topological polar surface area (TPSA) is 88.4 Å². The predicted molar refractivity (Wildman–Crippen MR) is 148 cm³/mol. The molecule has 3 aromatic heterocycles. The molecule has 39 heavy (non-hydrogen) atoms. The number of hydrogen-bond acceptors (Lipinski definition) is 4. The summed E-state index contributed by atoms with van der Waals surface area (Å²) >= 11 is 0. The van der Waals surface area contributed by atoms with E-state index < -0.39 is 5.54 Å². The lowest BCUT2D eigenvalue weighted by Gasteiger charge is -2.17. The smallest absolute Gasteiger partial charge is 0.270 e. The van der Waals surface area contributed by atoms with Gasteiger partial charge in [0.1, 0.15) is 17.2 Å². The van der Waals surface area contributed by atoms with E-state index in [1.807, 2.05) is 61.7 Å². The van der Waals surface area contributed by atoms with Crippen molar-refractivity contribution in [2.75, 3.05) is 7.05 Å². The average Bonchev–Trinajstić information content (AvgIpc) is 3.65. The number of imidazole rings is 1. The van der Waals surface area contributed by atoms with Crippen LogP contribution in [0.4, 0.5) is 4.39 Å². The van der Waals surface area contributed by atoms with E-state index in [0.717, 1.165) is 40.8 Å². The molecule has 0 radical (unpaired) electrons. The van der Waals surface area contributed by atoms with Gasteiger partial charge < -0.3 is 10.6 Å². The number of nitrogens with one attached hydrogen (secondary N) is 2. The Kier molecular flexibility index (Phi) is 6.10. The molecule has 0 saturated heterocycles. The van der Waals surface area contributed by atoms with E-state index in [1.165, 1.54) is 6.08 Å². The number of aromatic nitrogens is 3. The molecular formula is C31H28FN5O2. The third-order valence-electron chi connectivity index (χ3n) is 7.53. The number of aryl methyl sites for hydroxylation is 1. The van der Waals surface area contributed by atoms with Crippen molar-refractivity contribution in [1.82, 2.24) is 25.0 Å². The van der Waals surface area contributed by atoms with E-state index >= 15 is 0 Å². The highest BCUT2D eigenvalue weighted by atomic mass is 19.1. The molecule has 6 rings (SSSR count). The Hall–Kier alpha value is -4.59. The van der Waals surface area contributed by atoms with Gasteiger partial charge in [0.15, 0.2) is 0 Å². The first-order valence-corrected chi connectivity index (χ1v) is 13.0. The maximum absolute atomic E-state index is 13.6. The highest BCUT2D eigenvalue weighted by Crippen LogP contribution is 2.44. The Balaban J connectivity index is 1.38. The standard InChI is InChI=1S/C31H28FN5O2/c1-19-6-7-21(29(38)36-31(14-15-31)25-5-3-4-16-34-25)17-24(19)22-10-13-26-35-27(20-8-11-23(32)12-9-20)28(30(39)33-2)37(26)18-22/h3-8,10-11,13,16-18H,9,12,14-15H2,1-2H3,(H,33,39)(H,36,38). The van der Waals surface area contributed by atoms with Crippen LogP contribution in [0, 0.1) is 6.92 Å². The van der Waals surface area contributed by atoms with Gasteiger partial charge in [0.25, 0.3) is 11.8 Å². The molecule has 4 aromatic rings. The number of nitrogens with zero attached hydrogens (tertiary/aromatic N) is 3. The van der Waals surface area contributed by atoms with Gasteiger partial charge in [0, 0.05) is 31.4 Å². The van der Waals surface area contributed by atoms with Crippen LogP contribution in [0.5, 0.6) is 0 Å². The number of pyridine rings is 2. The Labute approximate surface area is 225 Å². The largest absolute Gasteiger partial charge is 0.354 e. The minimum Gasteiger partial charge on any atom is -0.354 e. The summed E-state index contributed by atoms with van der Waals surface area (Å²) in [7, 11) is 1.58. The number of fused-ring (bicyclic) bond motifs is 1. The van der Waals surface area contributed by atoms with Crippen LogP contribution in [-0.2, 0) is 5.54 Å². The van der Waals surface area contributed by atoms with Gasteiger partial charge in [0.05, 0.1) is 16.9 Å². The van der Waals surface area contributed by atoms with Crippen LogP contribution < -0.4 is 10.6 Å². The van der Waals surface area contributed by atoms with E-state index in [1.54, 1.807) is 23.7 Å². The highest BCUT2D eigenvalue weighted by molar-refractivity contribution is 5.99. The lowest BCUT2D eigenvalue weighted by molar-refractivity contribution is 0.0927. The fourth-order valence-electron chi connectivity index (χ4n) is 5.15. The quantitative estimate of drug-likeness (QED) is 0.350. The van der Waals surface area contributed by atoms with Crippen molar-refractivity contribution in [2.24, 2.45) is 0 Å². The summed E-state index contributed by atoms with van der Waals surface area (Å²) in [4.78, 5) is 35.5. The molecule has 196 valence electrons. The van der Waals surface area contributed by atoms with Crippen LogP contribution in [0.1, 0.15) is 63.5 Å². The Morgan fingerprint density at radius 3 is 2.56 bits per heavy atom. The Bertz CT molecular complexity index is 1680. The molecule has 8 heteroatoms. The monoisotopic (exact) mass is 521 g/mol. The summed E-state index contributed by atoms with van der Waals surface area (Å²) in [6, 6.07) is 15.2. The van der Waals surface area contributed by atoms with Gasteiger partial charge in [0.2, 0.25) is 0 Å². The van der Waals surface area contributed by atoms with Gasteiger partial charge in [-0.3, -0.25) is 19.0 Å². The van der Waals surface area contributed by atoms with Crippen molar-refractivity contribution in [1.29, 1.82) is 0 Å². The maximum atomic E-state index is 13.6. The summed E-state index contributed by atoms with van der Waals surface area (Å²) < 4.78 is 15.4. The van der Waals surface area contributed by atoms with Crippen LogP contribution in [0.2, 0.25) is 0 Å². The molecule has 2 N–H and O–H groups in total. The zero-order valence-electron chi connectivity index (χ0n) is 21.8. The number of halogens is 1. The van der Waals surface area contributed by atoms with Gasteiger partial charge in [-0.25, -0.2) is 9.37 Å². The molecule has 1 aromatic carbocycles. The summed E-state index contributed by atoms with van der Waals surface area (Å²) in [6.45, 7) is 1.99. The van der Waals surface area contributed by atoms with Crippen molar-refractivity contribution >= 4 is 23.0 Å². The summed E-state index contributed by atoms with van der Waals surface area (Å²) in [5.74, 6) is -0.612. The highest BCUT2D eigenvalue weighted by Gasteiger charge is 2.47. The van der Waals surface area contributed by atoms with Crippen LogP contribution in [0.25, 0.3) is 22.3 Å². The van der Waals surface area contributed by atoms with Gasteiger partial charge in [-0.05, 0) is 90.9 Å². The van der Waals surface area contributed by atoms with Crippen molar-refractivity contribution in [3.8, 4) is 11.1 Å². The third-order valence-corrected chi connectivity index (χ3v) is 7.53. The summed E-state index contributed by atoms with van der Waals surface area (Å²) in [6.07, 6.45) is 9.21. The molecule has 2 aliphatic carbocycles. The van der Waals surface area contributed by atoms with E-state index in [0.29, 0.717) is 29.0 Å². The zero-order valence-corrected chi connectivity index (χ0v) is 21.8. The molecule has 2 amide bonds. The molecule has 2 aliphatic rings. The fourth-order valence-corrected chi connectivity index (χ4v) is 5.15. The van der Waals surface area contributed by atoms with Crippen LogP contribution in [0.3, 0.4) is 0 Å². The maximum Gasteiger partial charge on any atom is 0.270 e. The predicted octanol–water partition coefficient (Wildman–Crippen LogP) is 5.51. The number of rotatable bonds is 6. The molecule has 0 unspecified atom stereocenters. The average molecular weight is 522 g/mol. The van der Waals surface area contributed by atoms with Crippen LogP contribution >= 0.6 is 0 Å². The lowest BCUT2D eigenvalue weighted by Crippen LogP contribution is -2.35. The second kappa shape index (κ2) is 9.62. The molecule has 0 atom stereocenters. The van der Waals surface area contributed by atoms with E-state index in [2.05, 4.69) is 15.6 Å². The third kappa shape index (κ3) is 4.52. The molecule has 0 spiro atoms. The van der Waals surface area contributed by atoms with Crippen molar-refractivity contribution in [3.63, 3.8) is 0 Å². The first kappa shape index (κ1) is 24.7. The van der Waals surface area contributed by atoms with E-state index in [-0.39, 0.29) is 24.1 Å². The Morgan fingerprint density at radius 1 is 1.03 bits per heavy atom. The number of carbonyl (C=O) groups is 2. The van der Waals surface area contributed by atoms with E-state index in [9.17, 15) is 14.0 Å². The van der Waals surface area contributed by atoms with E-state index in [4.69, 9.17) is 4.98 Å². The number of allylic oxidation sites excluding steroid dienone is 4. The summed E-state index contributed by atoms with van der Waals surface area (Å²) in [5, 5.41) is 5.90. The molecular weight excluding hydrogens is 493 g/mol. The first-order chi connectivity index (χ1) is 18.9. The van der Waals surface area contributed by atoms with Gasteiger partial charge in [-0.1, -0.05) is 18.2 Å². The summed E-state index contributed by atoms with van der Waals surface area (Å²) in [5.41, 5.74) is 6.11. The second-order valence-corrected chi connectivity index (χ2v) is 10.1. The van der Waals surface area contributed by atoms with Crippen molar-refractivity contribution in [2.45, 2.75) is 38.1 Å². The minimum atomic E-state index is -0.413. The zero-order chi connectivity index (χ0) is 27.1. The number of hydrogen-bond donors (Lipinski definition) is 2.